The molecule has 0 spiro atoms. The molecule has 0 saturated carbocycles. The molecule has 116 valence electrons. The third kappa shape index (κ3) is 3.42. The molecule has 1 aromatic carbocycles. The smallest absolute Gasteiger partial charge is 0.290 e. The van der Waals surface area contributed by atoms with Gasteiger partial charge in [-0.15, -0.1) is 0 Å². The summed E-state index contributed by atoms with van der Waals surface area (Å²) in [6, 6.07) is 9.12. The second-order valence-electron chi connectivity index (χ2n) is 5.34. The lowest BCUT2D eigenvalue weighted by Gasteiger charge is -2.26. The molecule has 5 heteroatoms. The molecule has 0 aliphatic rings. The summed E-state index contributed by atoms with van der Waals surface area (Å²) in [4.78, 5) is 25.3. The maximum absolute atomic E-state index is 13.8. The van der Waals surface area contributed by atoms with Crippen molar-refractivity contribution in [3.05, 3.63) is 59.3 Å². The Hall–Kier alpha value is -2.43. The third-order valence-corrected chi connectivity index (χ3v) is 3.35. The van der Waals surface area contributed by atoms with Crippen molar-refractivity contribution in [2.75, 3.05) is 0 Å². The first-order valence-corrected chi connectivity index (χ1v) is 7.05. The molecule has 4 nitrogen and oxygen atoms in total. The number of carbonyl (C=O) groups excluding carboxylic acids is 2. The predicted octanol–water partition coefficient (Wildman–Crippen LogP) is 3.67. The molecule has 1 amide bonds. The monoisotopic (exact) mass is 303 g/mol. The topological polar surface area (TPSA) is 50.5 Å². The van der Waals surface area contributed by atoms with E-state index in [-0.39, 0.29) is 41.6 Å². The van der Waals surface area contributed by atoms with E-state index in [2.05, 4.69) is 0 Å². The second-order valence-corrected chi connectivity index (χ2v) is 5.34. The van der Waals surface area contributed by atoms with Gasteiger partial charge in [0, 0.05) is 25.1 Å². The van der Waals surface area contributed by atoms with Crippen molar-refractivity contribution in [1.82, 2.24) is 4.90 Å². The first kappa shape index (κ1) is 15.9. The van der Waals surface area contributed by atoms with Crippen LogP contribution in [0, 0.1) is 5.82 Å². The summed E-state index contributed by atoms with van der Waals surface area (Å²) in [5.74, 6) is -0.756. The van der Waals surface area contributed by atoms with Crippen molar-refractivity contribution in [1.29, 1.82) is 0 Å². The van der Waals surface area contributed by atoms with Crippen LogP contribution in [0.25, 0.3) is 0 Å². The highest BCUT2D eigenvalue weighted by molar-refractivity contribution is 5.95. The van der Waals surface area contributed by atoms with E-state index >= 15 is 0 Å². The van der Waals surface area contributed by atoms with E-state index < -0.39 is 0 Å². The van der Waals surface area contributed by atoms with Gasteiger partial charge in [-0.3, -0.25) is 9.59 Å². The van der Waals surface area contributed by atoms with E-state index in [4.69, 9.17) is 4.42 Å². The molecule has 1 aromatic heterocycles. The van der Waals surface area contributed by atoms with Gasteiger partial charge in [-0.2, -0.15) is 0 Å². The Kier molecular flexibility index (Phi) is 4.75. The highest BCUT2D eigenvalue weighted by atomic mass is 19.1. The number of nitrogens with zero attached hydrogens (tertiary/aromatic N) is 1. The zero-order chi connectivity index (χ0) is 16.3. The van der Waals surface area contributed by atoms with Gasteiger partial charge >= 0.3 is 0 Å². The SMILES string of the molecule is CC(=O)c1ccc(C(=O)N(Cc2ccccc2F)C(C)C)o1. The maximum atomic E-state index is 13.8. The average Bonchev–Trinajstić information content (AvgIpc) is 2.95. The Labute approximate surface area is 128 Å². The predicted molar refractivity (Wildman–Crippen MR) is 80.1 cm³/mol. The molecule has 0 fully saturated rings. The van der Waals surface area contributed by atoms with E-state index in [9.17, 15) is 14.0 Å². The Bertz CT molecular complexity index is 691. The summed E-state index contributed by atoms with van der Waals surface area (Å²) >= 11 is 0. The molecule has 0 bridgehead atoms. The van der Waals surface area contributed by atoms with Gasteiger partial charge < -0.3 is 9.32 Å². The molecule has 0 atom stereocenters. The molecule has 22 heavy (non-hydrogen) atoms. The van der Waals surface area contributed by atoms with Crippen LogP contribution in [-0.2, 0) is 6.54 Å². The van der Waals surface area contributed by atoms with Gasteiger partial charge in [0.1, 0.15) is 5.82 Å². The molecule has 0 aliphatic heterocycles. The van der Waals surface area contributed by atoms with Gasteiger partial charge in [0.15, 0.2) is 17.3 Å². The van der Waals surface area contributed by atoms with Gasteiger partial charge in [0.25, 0.3) is 5.91 Å². The number of ketones is 1. The van der Waals surface area contributed by atoms with E-state index in [1.54, 1.807) is 18.2 Å². The van der Waals surface area contributed by atoms with Crippen molar-refractivity contribution >= 4 is 11.7 Å². The number of hydrogen-bond acceptors (Lipinski definition) is 3. The summed E-state index contributed by atoms with van der Waals surface area (Å²) in [6.07, 6.45) is 0. The number of carbonyl (C=O) groups is 2. The van der Waals surface area contributed by atoms with Gasteiger partial charge in [-0.05, 0) is 32.0 Å². The number of halogens is 1. The first-order chi connectivity index (χ1) is 10.4. The fourth-order valence-corrected chi connectivity index (χ4v) is 2.08. The number of hydrogen-bond donors (Lipinski definition) is 0. The van der Waals surface area contributed by atoms with Crippen LogP contribution in [0.4, 0.5) is 4.39 Å². The zero-order valence-corrected chi connectivity index (χ0v) is 12.8. The minimum atomic E-state index is -0.370. The molecular formula is C17H18FNO3. The molecule has 2 rings (SSSR count). The Morgan fingerprint density at radius 3 is 2.32 bits per heavy atom. The Balaban J connectivity index is 2.25. The summed E-state index contributed by atoms with van der Waals surface area (Å²) in [5, 5.41) is 0. The maximum Gasteiger partial charge on any atom is 0.290 e. The molecule has 0 unspecified atom stereocenters. The normalized spacial score (nSPS) is 10.8. The second kappa shape index (κ2) is 6.56. The largest absolute Gasteiger partial charge is 0.448 e. The summed E-state index contributed by atoms with van der Waals surface area (Å²) in [7, 11) is 0. The van der Waals surface area contributed by atoms with Crippen LogP contribution >= 0.6 is 0 Å². The van der Waals surface area contributed by atoms with Crippen molar-refractivity contribution in [3.63, 3.8) is 0 Å². The number of amides is 1. The number of Topliss-reactive ketones (excluding diaryl/α,β-unsaturated/α-hetero) is 1. The van der Waals surface area contributed by atoms with Gasteiger partial charge in [-0.1, -0.05) is 18.2 Å². The van der Waals surface area contributed by atoms with E-state index in [0.717, 1.165) is 0 Å². The lowest BCUT2D eigenvalue weighted by molar-refractivity contribution is 0.0653. The van der Waals surface area contributed by atoms with Crippen LogP contribution in [0.2, 0.25) is 0 Å². The first-order valence-electron chi connectivity index (χ1n) is 7.05. The molecule has 0 N–H and O–H groups in total. The van der Waals surface area contributed by atoms with Crippen molar-refractivity contribution in [3.8, 4) is 0 Å². The van der Waals surface area contributed by atoms with Gasteiger partial charge in [0.2, 0.25) is 0 Å². The Morgan fingerprint density at radius 2 is 1.77 bits per heavy atom. The van der Waals surface area contributed by atoms with Crippen LogP contribution < -0.4 is 0 Å². The minimum Gasteiger partial charge on any atom is -0.448 e. The lowest BCUT2D eigenvalue weighted by Crippen LogP contribution is -2.36. The fourth-order valence-electron chi connectivity index (χ4n) is 2.08. The average molecular weight is 303 g/mol. The number of benzene rings is 1. The van der Waals surface area contributed by atoms with Crippen LogP contribution in [0.15, 0.2) is 40.8 Å². The van der Waals surface area contributed by atoms with Gasteiger partial charge in [0.05, 0.1) is 0 Å². The van der Waals surface area contributed by atoms with Crippen LogP contribution in [-0.4, -0.2) is 22.6 Å². The van der Waals surface area contributed by atoms with Crippen molar-refractivity contribution in [2.45, 2.75) is 33.4 Å². The minimum absolute atomic E-state index is 0.0789. The number of furan rings is 1. The highest BCUT2D eigenvalue weighted by Gasteiger charge is 2.23. The quantitative estimate of drug-likeness (QED) is 0.792. The molecule has 1 heterocycles. The van der Waals surface area contributed by atoms with Crippen molar-refractivity contribution in [2.24, 2.45) is 0 Å². The van der Waals surface area contributed by atoms with Crippen LogP contribution in [0.5, 0.6) is 0 Å². The van der Waals surface area contributed by atoms with Crippen LogP contribution in [0.1, 0.15) is 47.4 Å². The number of rotatable bonds is 5. The molecule has 2 aromatic rings. The lowest BCUT2D eigenvalue weighted by atomic mass is 10.1. The van der Waals surface area contributed by atoms with E-state index in [0.29, 0.717) is 5.56 Å². The summed E-state index contributed by atoms with van der Waals surface area (Å²) in [5.41, 5.74) is 0.433. The zero-order valence-electron chi connectivity index (χ0n) is 12.8. The third-order valence-electron chi connectivity index (χ3n) is 3.35. The molecular weight excluding hydrogens is 285 g/mol. The fraction of sp³-hybridized carbons (Fsp3) is 0.294. The highest BCUT2D eigenvalue weighted by Crippen LogP contribution is 2.17. The van der Waals surface area contributed by atoms with E-state index in [1.165, 1.54) is 30.0 Å². The molecule has 0 aliphatic carbocycles. The standard InChI is InChI=1S/C17H18FNO3/c1-11(2)19(10-13-6-4-5-7-14(13)18)17(21)16-9-8-15(22-16)12(3)20/h4-9,11H,10H2,1-3H3. The molecule has 0 saturated heterocycles. The molecule has 0 radical (unpaired) electrons. The van der Waals surface area contributed by atoms with Crippen molar-refractivity contribution < 1.29 is 18.4 Å². The summed E-state index contributed by atoms with van der Waals surface area (Å²) < 4.78 is 19.1. The van der Waals surface area contributed by atoms with Crippen LogP contribution in [0.3, 0.4) is 0 Å². The van der Waals surface area contributed by atoms with E-state index in [1.807, 2.05) is 13.8 Å². The van der Waals surface area contributed by atoms with Gasteiger partial charge in [-0.25, -0.2) is 4.39 Å². The Morgan fingerprint density at radius 1 is 1.14 bits per heavy atom. The summed E-state index contributed by atoms with van der Waals surface area (Å²) in [6.45, 7) is 5.19.